The molecular weight excluding hydrogens is 618 g/mol. The van der Waals surface area contributed by atoms with E-state index >= 15 is 0 Å². The van der Waals surface area contributed by atoms with Crippen LogP contribution in [0.15, 0.2) is 0 Å². The Balaban J connectivity index is 5.01. The van der Waals surface area contributed by atoms with Gasteiger partial charge in [0.25, 0.3) is 0 Å². The minimum Gasteiger partial charge on any atom is -0.465 e. The van der Waals surface area contributed by atoms with Crippen molar-refractivity contribution in [2.45, 2.75) is 112 Å². The van der Waals surface area contributed by atoms with Gasteiger partial charge in [-0.2, -0.15) is 0 Å². The third-order valence-corrected chi connectivity index (χ3v) is 7.87. The number of nitrogens with zero attached hydrogens (tertiary/aromatic N) is 3. The molecule has 0 unspecified atom stereocenters. The summed E-state index contributed by atoms with van der Waals surface area (Å²) in [5.41, 5.74) is -0.846. The Morgan fingerprint density at radius 2 is 0.771 bits per heavy atom. The first-order valence-electron chi connectivity index (χ1n) is 18.0. The zero-order chi connectivity index (χ0) is 36.4. The van der Waals surface area contributed by atoms with Crippen molar-refractivity contribution in [3.05, 3.63) is 0 Å². The summed E-state index contributed by atoms with van der Waals surface area (Å²) in [5.74, 6) is -1.04. The zero-order valence-corrected chi connectivity index (χ0v) is 32.2. The van der Waals surface area contributed by atoms with Crippen LogP contribution in [0.4, 0.5) is 0 Å². The van der Waals surface area contributed by atoms with E-state index in [1.807, 2.05) is 69.6 Å². The monoisotopic (exact) mass is 690 g/mol. The third-order valence-electron chi connectivity index (χ3n) is 7.87. The summed E-state index contributed by atoms with van der Waals surface area (Å²) in [6.07, 6.45) is 4.40. The molecule has 0 atom stereocenters. The van der Waals surface area contributed by atoms with Crippen molar-refractivity contribution in [1.29, 1.82) is 0 Å². The van der Waals surface area contributed by atoms with Gasteiger partial charge in [-0.25, -0.2) is 0 Å². The number of hydrogen-bond acceptors (Lipinski definition) is 12. The molecule has 0 saturated heterocycles. The van der Waals surface area contributed by atoms with Crippen LogP contribution in [0.5, 0.6) is 0 Å². The Labute approximate surface area is 292 Å². The normalized spacial score (nSPS) is 12.2. The smallest absolute Gasteiger partial charge is 0.307 e. The lowest BCUT2D eigenvalue weighted by Gasteiger charge is -2.31. The molecule has 0 spiro atoms. The van der Waals surface area contributed by atoms with Crippen LogP contribution in [0.2, 0.25) is 0 Å². The fourth-order valence-electron chi connectivity index (χ4n) is 4.49. The van der Waals surface area contributed by atoms with E-state index in [1.165, 1.54) is 0 Å². The van der Waals surface area contributed by atoms with E-state index in [0.717, 1.165) is 38.9 Å². The Kier molecular flexibility index (Phi) is 26.9. The van der Waals surface area contributed by atoms with Crippen LogP contribution in [0.1, 0.15) is 93.4 Å². The van der Waals surface area contributed by atoms with E-state index in [-0.39, 0.29) is 75.3 Å². The topological polar surface area (TPSA) is 116 Å². The van der Waals surface area contributed by atoms with Gasteiger partial charge in [-0.3, -0.25) is 14.4 Å². The fourth-order valence-corrected chi connectivity index (χ4v) is 4.49. The van der Waals surface area contributed by atoms with Crippen LogP contribution in [0.3, 0.4) is 0 Å². The van der Waals surface area contributed by atoms with E-state index in [9.17, 15) is 14.4 Å². The Morgan fingerprint density at radius 1 is 0.500 bits per heavy atom. The van der Waals surface area contributed by atoms with Gasteiger partial charge in [-0.1, -0.05) is 6.92 Å². The van der Waals surface area contributed by atoms with Crippen molar-refractivity contribution >= 4 is 17.9 Å². The Bertz CT molecular complexity index is 739. The van der Waals surface area contributed by atoms with E-state index in [2.05, 4.69) is 14.7 Å². The van der Waals surface area contributed by atoms with Gasteiger partial charge in [0.05, 0.1) is 43.0 Å². The first kappa shape index (κ1) is 46.2. The second kappa shape index (κ2) is 27.9. The molecule has 12 nitrogen and oxygen atoms in total. The van der Waals surface area contributed by atoms with Crippen LogP contribution < -0.4 is 0 Å². The lowest BCUT2D eigenvalue weighted by atomic mass is 9.88. The Morgan fingerprint density at radius 3 is 1.00 bits per heavy atom. The largest absolute Gasteiger partial charge is 0.465 e. The lowest BCUT2D eigenvalue weighted by Crippen LogP contribution is -2.39. The molecule has 0 aliphatic carbocycles. The molecule has 0 aromatic carbocycles. The van der Waals surface area contributed by atoms with Gasteiger partial charge in [0, 0.05) is 59.1 Å². The van der Waals surface area contributed by atoms with E-state index in [0.29, 0.717) is 45.9 Å². The van der Waals surface area contributed by atoms with Crippen molar-refractivity contribution < 1.29 is 42.8 Å². The second-order valence-electron chi connectivity index (χ2n) is 13.8. The van der Waals surface area contributed by atoms with Crippen molar-refractivity contribution in [3.8, 4) is 0 Å². The van der Waals surface area contributed by atoms with Crippen molar-refractivity contribution in [2.24, 2.45) is 5.41 Å². The lowest BCUT2D eigenvalue weighted by molar-refractivity contribution is -0.162. The number of esters is 3. The van der Waals surface area contributed by atoms with Crippen molar-refractivity contribution in [2.75, 3.05) is 100 Å². The fraction of sp³-hybridized carbons (Fsp3) is 0.917. The van der Waals surface area contributed by atoms with Crippen LogP contribution in [-0.2, 0) is 42.8 Å². The van der Waals surface area contributed by atoms with Crippen molar-refractivity contribution in [1.82, 2.24) is 14.7 Å². The molecule has 0 saturated carbocycles. The summed E-state index contributed by atoms with van der Waals surface area (Å²) in [6, 6.07) is 0. The van der Waals surface area contributed by atoms with Gasteiger partial charge >= 0.3 is 17.9 Å². The number of ether oxygens (including phenoxy) is 6. The van der Waals surface area contributed by atoms with Gasteiger partial charge in [0.15, 0.2) is 0 Å². The van der Waals surface area contributed by atoms with Gasteiger partial charge in [-0.15, -0.1) is 0 Å². The molecule has 0 rings (SSSR count). The standard InChI is InChI=1S/C36H71N3O9/c1-11-36(27-46-33(40)15-21-37(8)18-12-24-43-30(2)3,28-47-34(41)16-22-38(9)19-13-25-44-31(4)5)29-48-35(42)17-23-39(10)20-14-26-45-32(6)7/h30-32H,11-29H2,1-10H3. The third kappa shape index (κ3) is 27.0. The van der Waals surface area contributed by atoms with E-state index in [1.54, 1.807) is 0 Å². The highest BCUT2D eigenvalue weighted by Crippen LogP contribution is 2.25. The first-order valence-corrected chi connectivity index (χ1v) is 18.0. The highest BCUT2D eigenvalue weighted by Gasteiger charge is 2.34. The molecule has 0 radical (unpaired) electrons. The maximum absolute atomic E-state index is 12.7. The molecule has 0 bridgehead atoms. The molecule has 0 aliphatic heterocycles. The van der Waals surface area contributed by atoms with Crippen LogP contribution in [-0.4, -0.2) is 151 Å². The summed E-state index contributed by atoms with van der Waals surface area (Å²) in [5, 5.41) is 0. The minimum atomic E-state index is -0.846. The number of rotatable bonds is 31. The summed E-state index contributed by atoms with van der Waals surface area (Å²) >= 11 is 0. The van der Waals surface area contributed by atoms with Gasteiger partial charge in [0.2, 0.25) is 0 Å². The minimum absolute atomic E-state index is 0.0135. The van der Waals surface area contributed by atoms with Crippen molar-refractivity contribution in [3.63, 3.8) is 0 Å². The van der Waals surface area contributed by atoms with Crippen LogP contribution in [0, 0.1) is 5.41 Å². The molecule has 0 aliphatic rings. The average Bonchev–Trinajstić information content (AvgIpc) is 3.03. The zero-order valence-electron chi connectivity index (χ0n) is 32.2. The summed E-state index contributed by atoms with van der Waals surface area (Å²) in [6.45, 7) is 20.1. The van der Waals surface area contributed by atoms with E-state index < -0.39 is 5.41 Å². The predicted molar refractivity (Wildman–Crippen MR) is 189 cm³/mol. The van der Waals surface area contributed by atoms with Gasteiger partial charge in [-0.05, 0) is 88.4 Å². The highest BCUT2D eigenvalue weighted by molar-refractivity contribution is 5.70. The Hall–Kier alpha value is -1.83. The van der Waals surface area contributed by atoms with Gasteiger partial charge < -0.3 is 43.1 Å². The quantitative estimate of drug-likeness (QED) is 0.0583. The number of hydrogen-bond donors (Lipinski definition) is 0. The molecule has 0 heterocycles. The highest BCUT2D eigenvalue weighted by atomic mass is 16.6. The summed E-state index contributed by atoms with van der Waals surface area (Å²) in [4.78, 5) is 44.4. The SMILES string of the molecule is CCC(COC(=O)CCN(C)CCCOC(C)C)(COC(=O)CCN(C)CCCOC(C)C)COC(=O)CCN(C)CCCOC(C)C. The number of carbonyl (C=O) groups excluding carboxylic acids is 3. The van der Waals surface area contributed by atoms with Gasteiger partial charge in [0.1, 0.15) is 19.8 Å². The number of carbonyl (C=O) groups is 3. The van der Waals surface area contributed by atoms with Crippen LogP contribution >= 0.6 is 0 Å². The molecular formula is C36H71N3O9. The second-order valence-corrected chi connectivity index (χ2v) is 13.8. The first-order chi connectivity index (χ1) is 22.7. The molecule has 48 heavy (non-hydrogen) atoms. The molecule has 0 amide bonds. The maximum Gasteiger partial charge on any atom is 0.307 e. The molecule has 0 fully saturated rings. The average molecular weight is 690 g/mol. The molecule has 0 N–H and O–H groups in total. The molecule has 284 valence electrons. The maximum atomic E-state index is 12.7. The van der Waals surface area contributed by atoms with Crippen LogP contribution in [0.25, 0.3) is 0 Å². The summed E-state index contributed by atoms with van der Waals surface area (Å²) < 4.78 is 33.9. The molecule has 0 aromatic heterocycles. The molecule has 12 heteroatoms. The summed E-state index contributed by atoms with van der Waals surface area (Å²) in [7, 11) is 5.89. The predicted octanol–water partition coefficient (Wildman–Crippen LogP) is 4.42. The molecule has 0 aromatic rings. The van der Waals surface area contributed by atoms with E-state index in [4.69, 9.17) is 28.4 Å².